The quantitative estimate of drug-likeness (QED) is 0.322. The number of hydrogen-bond acceptors (Lipinski definition) is 5. The van der Waals surface area contributed by atoms with Crippen molar-refractivity contribution >= 4 is 15.9 Å². The van der Waals surface area contributed by atoms with Crippen LogP contribution in [0, 0.1) is 13.8 Å². The zero-order chi connectivity index (χ0) is 27.4. The number of rotatable bonds is 9. The lowest BCUT2D eigenvalue weighted by Crippen LogP contribution is -2.52. The van der Waals surface area contributed by atoms with E-state index in [1.54, 1.807) is 7.11 Å². The van der Waals surface area contributed by atoms with Gasteiger partial charge in [0.15, 0.2) is 0 Å². The van der Waals surface area contributed by atoms with Gasteiger partial charge in [-0.05, 0) is 61.4 Å². The summed E-state index contributed by atoms with van der Waals surface area (Å²) in [6.07, 6.45) is 0.451. The number of aromatic nitrogens is 2. The molecule has 8 nitrogen and oxygen atoms in total. The summed E-state index contributed by atoms with van der Waals surface area (Å²) in [6.45, 7) is 6.66. The zero-order valence-electron chi connectivity index (χ0n) is 22.6. The number of nitrogens with zero attached hydrogens (tertiary/aromatic N) is 3. The third kappa shape index (κ3) is 6.16. The van der Waals surface area contributed by atoms with Crippen molar-refractivity contribution in [2.75, 3.05) is 44.7 Å². The van der Waals surface area contributed by atoms with Crippen molar-refractivity contribution in [3.63, 3.8) is 0 Å². The molecular weight excluding hydrogens is 510 g/mol. The second kappa shape index (κ2) is 11.6. The summed E-state index contributed by atoms with van der Waals surface area (Å²) in [4.78, 5) is 10.5. The van der Waals surface area contributed by atoms with Gasteiger partial charge in [0.2, 0.25) is 0 Å². The Kier molecular flexibility index (Phi) is 8.02. The molecule has 2 heterocycles. The first-order valence-corrected chi connectivity index (χ1v) is 14.6. The summed E-state index contributed by atoms with van der Waals surface area (Å²) < 4.78 is 35.9. The van der Waals surface area contributed by atoms with Crippen molar-refractivity contribution in [3.05, 3.63) is 89.6 Å². The number of aromatic amines is 1. The fraction of sp³-hybridized carbons (Fsp3) is 0.300. The Morgan fingerprint density at radius 3 is 2.28 bits per heavy atom. The molecule has 0 atom stereocenters. The highest BCUT2D eigenvalue weighted by molar-refractivity contribution is 7.87. The number of methoxy groups -OCH3 is 1. The predicted molar refractivity (Wildman–Crippen MR) is 156 cm³/mol. The fourth-order valence-electron chi connectivity index (χ4n) is 4.82. The van der Waals surface area contributed by atoms with Crippen LogP contribution in [0.3, 0.4) is 0 Å². The van der Waals surface area contributed by atoms with E-state index in [9.17, 15) is 8.42 Å². The maximum absolute atomic E-state index is 13.1. The van der Waals surface area contributed by atoms with Gasteiger partial charge in [0.25, 0.3) is 10.2 Å². The molecule has 1 aliphatic heterocycles. The van der Waals surface area contributed by atoms with Crippen LogP contribution in [0.5, 0.6) is 5.75 Å². The molecule has 0 radical (unpaired) electrons. The smallest absolute Gasteiger partial charge is 0.279 e. The number of anilines is 1. The van der Waals surface area contributed by atoms with Gasteiger partial charge in [0, 0.05) is 56.0 Å². The highest BCUT2D eigenvalue weighted by Gasteiger charge is 2.27. The monoisotopic (exact) mass is 545 g/mol. The largest absolute Gasteiger partial charge is 0.497 e. The van der Waals surface area contributed by atoms with Crippen molar-refractivity contribution < 1.29 is 13.2 Å². The molecular formula is C30H35N5O3S. The van der Waals surface area contributed by atoms with Crippen LogP contribution in [0.1, 0.15) is 16.8 Å². The number of H-pyrrole nitrogens is 1. The van der Waals surface area contributed by atoms with E-state index < -0.39 is 10.2 Å². The van der Waals surface area contributed by atoms with Gasteiger partial charge in [-0.2, -0.15) is 12.7 Å². The Bertz CT molecular complexity index is 1510. The molecule has 39 heavy (non-hydrogen) atoms. The highest BCUT2D eigenvalue weighted by Crippen LogP contribution is 2.28. The van der Waals surface area contributed by atoms with Crippen LogP contribution in [0.25, 0.3) is 22.6 Å². The maximum Gasteiger partial charge on any atom is 0.279 e. The van der Waals surface area contributed by atoms with Gasteiger partial charge < -0.3 is 14.6 Å². The first-order chi connectivity index (χ1) is 18.8. The molecule has 204 valence electrons. The van der Waals surface area contributed by atoms with Gasteiger partial charge in [-0.25, -0.2) is 9.71 Å². The minimum Gasteiger partial charge on any atom is -0.497 e. The first kappa shape index (κ1) is 26.9. The van der Waals surface area contributed by atoms with Crippen molar-refractivity contribution in [3.8, 4) is 28.4 Å². The standard InChI is InChI=1S/C30H35N5O3S/c1-22-9-12-26(21-23(22)2)34-17-19-35(20-18-34)39(36,37)31-16-15-28-29(24-10-13-27(38-3)14-11-24)33-30(32-28)25-7-5-4-6-8-25/h4-14,21,31H,15-20H2,1-3H3,(H,32,33). The summed E-state index contributed by atoms with van der Waals surface area (Å²) in [5.74, 6) is 1.52. The number of piperazine rings is 1. The van der Waals surface area contributed by atoms with Gasteiger partial charge in [-0.3, -0.25) is 0 Å². The lowest BCUT2D eigenvalue weighted by molar-refractivity contribution is 0.378. The Morgan fingerprint density at radius 2 is 1.62 bits per heavy atom. The third-order valence-corrected chi connectivity index (χ3v) is 8.90. The number of benzene rings is 3. The summed E-state index contributed by atoms with van der Waals surface area (Å²) in [7, 11) is -1.97. The Morgan fingerprint density at radius 1 is 0.897 bits per heavy atom. The van der Waals surface area contributed by atoms with Crippen LogP contribution in [-0.2, 0) is 16.6 Å². The molecule has 0 bridgehead atoms. The van der Waals surface area contributed by atoms with E-state index in [-0.39, 0.29) is 6.54 Å². The third-order valence-electron chi connectivity index (χ3n) is 7.29. The fourth-order valence-corrected chi connectivity index (χ4v) is 6.00. The number of imidazole rings is 1. The molecule has 4 aromatic rings. The molecule has 9 heteroatoms. The van der Waals surface area contributed by atoms with Gasteiger partial charge >= 0.3 is 0 Å². The number of hydrogen-bond donors (Lipinski definition) is 2. The molecule has 0 saturated carbocycles. The Labute approximate surface area is 230 Å². The van der Waals surface area contributed by atoms with E-state index >= 15 is 0 Å². The molecule has 3 aromatic carbocycles. The van der Waals surface area contributed by atoms with Crippen molar-refractivity contribution in [2.24, 2.45) is 0 Å². The van der Waals surface area contributed by atoms with Crippen molar-refractivity contribution in [2.45, 2.75) is 20.3 Å². The molecule has 1 aromatic heterocycles. The van der Waals surface area contributed by atoms with E-state index in [4.69, 9.17) is 9.72 Å². The highest BCUT2D eigenvalue weighted by atomic mass is 32.2. The van der Waals surface area contributed by atoms with Crippen LogP contribution < -0.4 is 14.4 Å². The van der Waals surface area contributed by atoms with Crippen LogP contribution in [0.15, 0.2) is 72.8 Å². The normalized spacial score (nSPS) is 14.5. The molecule has 0 aliphatic carbocycles. The second-order valence-electron chi connectivity index (χ2n) is 9.81. The van der Waals surface area contributed by atoms with Gasteiger partial charge in [0.05, 0.1) is 18.5 Å². The molecule has 0 spiro atoms. The van der Waals surface area contributed by atoms with E-state index in [0.717, 1.165) is 39.8 Å². The van der Waals surface area contributed by atoms with Crippen molar-refractivity contribution in [1.29, 1.82) is 0 Å². The van der Waals surface area contributed by atoms with Gasteiger partial charge in [-0.15, -0.1) is 0 Å². The topological polar surface area (TPSA) is 90.6 Å². The number of aryl methyl sites for hydroxylation is 2. The predicted octanol–water partition coefficient (Wildman–Crippen LogP) is 4.57. The molecule has 1 aliphatic rings. The Hall–Kier alpha value is -3.66. The number of nitrogens with one attached hydrogen (secondary N) is 2. The minimum absolute atomic E-state index is 0.252. The number of ether oxygens (including phenoxy) is 1. The summed E-state index contributed by atoms with van der Waals surface area (Å²) in [5, 5.41) is 0. The second-order valence-corrected chi connectivity index (χ2v) is 11.6. The van der Waals surface area contributed by atoms with E-state index in [1.165, 1.54) is 15.4 Å². The molecule has 1 fully saturated rings. The summed E-state index contributed by atoms with van der Waals surface area (Å²) in [5.41, 5.74) is 7.26. The first-order valence-electron chi connectivity index (χ1n) is 13.2. The van der Waals surface area contributed by atoms with E-state index in [2.05, 4.69) is 46.7 Å². The molecule has 1 saturated heterocycles. The summed E-state index contributed by atoms with van der Waals surface area (Å²) >= 11 is 0. The lowest BCUT2D eigenvalue weighted by atomic mass is 10.1. The molecule has 0 amide bonds. The molecule has 2 N–H and O–H groups in total. The van der Waals surface area contributed by atoms with Crippen LogP contribution in [0.4, 0.5) is 5.69 Å². The van der Waals surface area contributed by atoms with Crippen LogP contribution in [-0.4, -0.2) is 62.5 Å². The average molecular weight is 546 g/mol. The zero-order valence-corrected chi connectivity index (χ0v) is 23.5. The lowest BCUT2D eigenvalue weighted by Gasteiger charge is -2.35. The average Bonchev–Trinajstić information content (AvgIpc) is 3.39. The van der Waals surface area contributed by atoms with Gasteiger partial charge in [0.1, 0.15) is 11.6 Å². The van der Waals surface area contributed by atoms with Crippen LogP contribution >= 0.6 is 0 Å². The summed E-state index contributed by atoms with van der Waals surface area (Å²) in [6, 6.07) is 24.1. The van der Waals surface area contributed by atoms with Crippen LogP contribution in [0.2, 0.25) is 0 Å². The maximum atomic E-state index is 13.1. The SMILES string of the molecule is COc1ccc(-c2[nH]c(-c3ccccc3)nc2CCNS(=O)(=O)N2CCN(c3ccc(C)c(C)c3)CC2)cc1. The van der Waals surface area contributed by atoms with Gasteiger partial charge in [-0.1, -0.05) is 36.4 Å². The van der Waals surface area contributed by atoms with Crippen molar-refractivity contribution in [1.82, 2.24) is 19.0 Å². The minimum atomic E-state index is -3.60. The molecule has 0 unspecified atom stereocenters. The van der Waals surface area contributed by atoms with E-state index in [0.29, 0.717) is 32.6 Å². The van der Waals surface area contributed by atoms with E-state index in [1.807, 2.05) is 54.6 Å². The Balaban J connectivity index is 1.25. The molecule has 5 rings (SSSR count).